The molecular weight excluding hydrogens is 290 g/mol. The van der Waals surface area contributed by atoms with Crippen molar-refractivity contribution in [2.45, 2.75) is 20.3 Å². The molecule has 0 bridgehead atoms. The summed E-state index contributed by atoms with van der Waals surface area (Å²) in [5.74, 6) is 0.0618. The van der Waals surface area contributed by atoms with Crippen LogP contribution in [0.3, 0.4) is 0 Å². The van der Waals surface area contributed by atoms with Gasteiger partial charge in [0.25, 0.3) is 0 Å². The smallest absolute Gasteiger partial charge is 0.315 e. The van der Waals surface area contributed by atoms with Crippen LogP contribution in [0.5, 0.6) is 5.75 Å². The number of ether oxygens (including phenoxy) is 1. The van der Waals surface area contributed by atoms with Crippen LogP contribution in [0.4, 0.5) is 0 Å². The number of hydrogen-bond acceptors (Lipinski definition) is 4. The number of nitrogens with zero attached hydrogens (tertiary/aromatic N) is 1. The minimum Gasteiger partial charge on any atom is -0.464 e. The van der Waals surface area contributed by atoms with Crippen LogP contribution in [0.25, 0.3) is 11.0 Å². The Morgan fingerprint density at radius 3 is 2.65 bits per heavy atom. The highest BCUT2D eigenvalue weighted by Gasteiger charge is 2.14. The maximum atomic E-state index is 12.1. The van der Waals surface area contributed by atoms with E-state index < -0.39 is 0 Å². The molecule has 1 aromatic heterocycles. The van der Waals surface area contributed by atoms with E-state index in [1.807, 2.05) is 26.0 Å². The minimum absolute atomic E-state index is 0.136. The van der Waals surface area contributed by atoms with Gasteiger partial charge in [-0.3, -0.25) is 4.79 Å². The number of furan rings is 1. The van der Waals surface area contributed by atoms with Crippen LogP contribution in [0.1, 0.15) is 22.3 Å². The molecule has 0 amide bonds. The Morgan fingerprint density at radius 2 is 1.96 bits per heavy atom. The van der Waals surface area contributed by atoms with E-state index in [1.54, 1.807) is 30.5 Å². The summed E-state index contributed by atoms with van der Waals surface area (Å²) in [7, 11) is 0. The third-order valence-corrected chi connectivity index (χ3v) is 3.64. The van der Waals surface area contributed by atoms with Crippen LogP contribution in [-0.2, 0) is 11.2 Å². The van der Waals surface area contributed by atoms with Crippen LogP contribution >= 0.6 is 0 Å². The highest BCUT2D eigenvalue weighted by Crippen LogP contribution is 2.27. The number of esters is 1. The van der Waals surface area contributed by atoms with Crippen molar-refractivity contribution in [2.75, 3.05) is 0 Å². The molecule has 0 aliphatic heterocycles. The van der Waals surface area contributed by atoms with Crippen LogP contribution < -0.4 is 4.74 Å². The maximum absolute atomic E-state index is 12.1. The number of carbonyl (C=O) groups excluding carboxylic acids is 1. The Hall–Kier alpha value is -3.06. The highest BCUT2D eigenvalue weighted by atomic mass is 16.5. The summed E-state index contributed by atoms with van der Waals surface area (Å²) >= 11 is 0. The van der Waals surface area contributed by atoms with Crippen molar-refractivity contribution >= 4 is 16.9 Å². The fourth-order valence-corrected chi connectivity index (χ4v) is 2.68. The Morgan fingerprint density at radius 1 is 1.22 bits per heavy atom. The molecule has 0 atom stereocenters. The molecule has 114 valence electrons. The van der Waals surface area contributed by atoms with Gasteiger partial charge < -0.3 is 9.15 Å². The first-order valence-electron chi connectivity index (χ1n) is 7.25. The first kappa shape index (κ1) is 14.9. The van der Waals surface area contributed by atoms with Gasteiger partial charge in [0.2, 0.25) is 0 Å². The second-order valence-corrected chi connectivity index (χ2v) is 5.50. The van der Waals surface area contributed by atoms with Crippen molar-refractivity contribution in [3.63, 3.8) is 0 Å². The molecule has 4 heteroatoms. The van der Waals surface area contributed by atoms with Gasteiger partial charge in [-0.05, 0) is 55.3 Å². The van der Waals surface area contributed by atoms with Gasteiger partial charge in [-0.15, -0.1) is 0 Å². The average molecular weight is 305 g/mol. The Bertz CT molecular complexity index is 914. The molecule has 0 saturated heterocycles. The SMILES string of the molecule is Cc1cc(C)c2c(CC(=O)Oc3ccc(C#N)cc3)coc2c1. The largest absolute Gasteiger partial charge is 0.464 e. The predicted molar refractivity (Wildman–Crippen MR) is 86.2 cm³/mol. The number of carbonyl (C=O) groups is 1. The van der Waals surface area contributed by atoms with Crippen LogP contribution in [0, 0.1) is 25.2 Å². The van der Waals surface area contributed by atoms with Gasteiger partial charge in [-0.1, -0.05) is 6.07 Å². The first-order valence-corrected chi connectivity index (χ1v) is 7.25. The topological polar surface area (TPSA) is 63.2 Å². The minimum atomic E-state index is -0.364. The van der Waals surface area contributed by atoms with Gasteiger partial charge >= 0.3 is 5.97 Å². The van der Waals surface area contributed by atoms with Gasteiger partial charge in [0, 0.05) is 10.9 Å². The molecule has 0 spiro atoms. The van der Waals surface area contributed by atoms with Crippen molar-refractivity contribution < 1.29 is 13.9 Å². The lowest BCUT2D eigenvalue weighted by molar-refractivity contribution is -0.133. The third kappa shape index (κ3) is 3.09. The van der Waals surface area contributed by atoms with Crippen LogP contribution in [0.2, 0.25) is 0 Å². The molecule has 0 radical (unpaired) electrons. The average Bonchev–Trinajstić information content (AvgIpc) is 2.90. The summed E-state index contributed by atoms with van der Waals surface area (Å²) in [5, 5.41) is 9.72. The van der Waals surface area contributed by atoms with E-state index in [0.717, 1.165) is 27.7 Å². The molecule has 3 rings (SSSR count). The Kier molecular flexibility index (Phi) is 3.86. The lowest BCUT2D eigenvalue weighted by atomic mass is 10.0. The quantitative estimate of drug-likeness (QED) is 0.540. The molecule has 0 fully saturated rings. The van der Waals surface area contributed by atoms with E-state index in [0.29, 0.717) is 11.3 Å². The Labute approximate surface area is 133 Å². The maximum Gasteiger partial charge on any atom is 0.315 e. The van der Waals surface area contributed by atoms with Gasteiger partial charge in [-0.25, -0.2) is 0 Å². The Balaban J connectivity index is 1.79. The number of nitriles is 1. The van der Waals surface area contributed by atoms with Crippen molar-refractivity contribution in [2.24, 2.45) is 0 Å². The molecule has 2 aromatic carbocycles. The second kappa shape index (κ2) is 5.98. The number of rotatable bonds is 3. The number of fused-ring (bicyclic) bond motifs is 1. The van der Waals surface area contributed by atoms with Gasteiger partial charge in [0.1, 0.15) is 11.3 Å². The van der Waals surface area contributed by atoms with Crippen molar-refractivity contribution in [3.05, 3.63) is 64.9 Å². The molecule has 1 heterocycles. The predicted octanol–water partition coefficient (Wildman–Crippen LogP) is 4.07. The second-order valence-electron chi connectivity index (χ2n) is 5.50. The lowest BCUT2D eigenvalue weighted by Crippen LogP contribution is -2.11. The molecule has 0 saturated carbocycles. The normalized spacial score (nSPS) is 10.5. The van der Waals surface area contributed by atoms with Gasteiger partial charge in [0.05, 0.1) is 24.3 Å². The highest BCUT2D eigenvalue weighted by molar-refractivity contribution is 5.89. The van der Waals surface area contributed by atoms with E-state index in [1.165, 1.54) is 0 Å². The molecule has 0 aliphatic rings. The zero-order chi connectivity index (χ0) is 16.4. The molecule has 23 heavy (non-hydrogen) atoms. The summed E-state index contributed by atoms with van der Waals surface area (Å²) in [4.78, 5) is 12.1. The summed E-state index contributed by atoms with van der Waals surface area (Å²) in [5.41, 5.74) is 4.32. The summed E-state index contributed by atoms with van der Waals surface area (Å²) in [6.45, 7) is 4.01. The molecule has 0 aliphatic carbocycles. The van der Waals surface area contributed by atoms with Gasteiger partial charge in [-0.2, -0.15) is 5.26 Å². The summed E-state index contributed by atoms with van der Waals surface area (Å²) in [6.07, 6.45) is 1.74. The summed E-state index contributed by atoms with van der Waals surface area (Å²) < 4.78 is 10.9. The number of aryl methyl sites for hydroxylation is 2. The fourth-order valence-electron chi connectivity index (χ4n) is 2.68. The zero-order valence-corrected chi connectivity index (χ0v) is 12.9. The third-order valence-electron chi connectivity index (χ3n) is 3.64. The van der Waals surface area contributed by atoms with Crippen LogP contribution in [0.15, 0.2) is 47.1 Å². The fraction of sp³-hybridized carbons (Fsp3) is 0.158. The standard InChI is InChI=1S/C19H15NO3/c1-12-7-13(2)19-15(11-22-17(19)8-12)9-18(21)23-16-5-3-14(10-20)4-6-16/h3-8,11H,9H2,1-2H3. The molecule has 4 nitrogen and oxygen atoms in total. The monoisotopic (exact) mass is 305 g/mol. The summed E-state index contributed by atoms with van der Waals surface area (Å²) in [6, 6.07) is 12.5. The first-order chi connectivity index (χ1) is 11.1. The molecular formula is C19H15NO3. The van der Waals surface area contributed by atoms with Gasteiger partial charge in [0.15, 0.2) is 0 Å². The van der Waals surface area contributed by atoms with Crippen LogP contribution in [-0.4, -0.2) is 5.97 Å². The van der Waals surface area contributed by atoms with E-state index in [4.69, 9.17) is 14.4 Å². The molecule has 0 N–H and O–H groups in total. The number of benzene rings is 2. The lowest BCUT2D eigenvalue weighted by Gasteiger charge is -2.04. The van der Waals surface area contributed by atoms with E-state index in [9.17, 15) is 4.79 Å². The molecule has 0 unspecified atom stereocenters. The van der Waals surface area contributed by atoms with E-state index >= 15 is 0 Å². The van der Waals surface area contributed by atoms with E-state index in [2.05, 4.69) is 6.07 Å². The van der Waals surface area contributed by atoms with Crippen molar-refractivity contribution in [1.29, 1.82) is 5.26 Å². The van der Waals surface area contributed by atoms with Crippen molar-refractivity contribution in [1.82, 2.24) is 0 Å². The van der Waals surface area contributed by atoms with Crippen molar-refractivity contribution in [3.8, 4) is 11.8 Å². The number of hydrogen-bond donors (Lipinski definition) is 0. The zero-order valence-electron chi connectivity index (χ0n) is 12.9. The van der Waals surface area contributed by atoms with E-state index in [-0.39, 0.29) is 12.4 Å². The molecule has 3 aromatic rings.